The molecule has 0 aliphatic carbocycles. The molecule has 2 heteroatoms. The highest BCUT2D eigenvalue weighted by Crippen LogP contribution is 2.29. The van der Waals surface area contributed by atoms with Crippen LogP contribution in [0, 0.1) is 0 Å². The van der Waals surface area contributed by atoms with Crippen LogP contribution in [0.25, 0.3) is 10.9 Å². The van der Waals surface area contributed by atoms with Crippen molar-refractivity contribution in [1.82, 2.24) is 4.57 Å². The minimum absolute atomic E-state index is 0.205. The van der Waals surface area contributed by atoms with Crippen molar-refractivity contribution in [2.75, 3.05) is 6.54 Å². The third kappa shape index (κ3) is 3.46. The van der Waals surface area contributed by atoms with Gasteiger partial charge in [-0.15, -0.1) is 0 Å². The lowest BCUT2D eigenvalue weighted by Gasteiger charge is -2.19. The van der Waals surface area contributed by atoms with Crippen molar-refractivity contribution in [3.05, 3.63) is 71.4 Å². The van der Waals surface area contributed by atoms with E-state index >= 15 is 0 Å². The van der Waals surface area contributed by atoms with Gasteiger partial charge in [-0.25, -0.2) is 0 Å². The monoisotopic (exact) mass is 344 g/mol. The van der Waals surface area contributed by atoms with Crippen LogP contribution >= 0.6 is 0 Å². The normalized spacial score (nSPS) is 17.7. The SMILES string of the molecule is CC(C)(C)c1ccc(Cn2ccc3ccc(C4CC=NCC4)cc32)cc1. The van der Waals surface area contributed by atoms with Gasteiger partial charge in [0.25, 0.3) is 0 Å². The standard InChI is InChI=1S/C24H28N2/c1-24(2,3)22-8-4-18(5-9-22)17-26-15-12-20-6-7-21(16-23(20)26)19-10-13-25-14-11-19/h4-9,12-13,15-16,19H,10-11,14,17H2,1-3H3. The molecule has 1 aromatic heterocycles. The van der Waals surface area contributed by atoms with Gasteiger partial charge < -0.3 is 4.57 Å². The lowest BCUT2D eigenvalue weighted by Crippen LogP contribution is -2.11. The van der Waals surface area contributed by atoms with Crippen molar-refractivity contribution in [3.8, 4) is 0 Å². The van der Waals surface area contributed by atoms with E-state index in [1.807, 2.05) is 0 Å². The molecule has 1 atom stereocenters. The highest BCUT2D eigenvalue weighted by atomic mass is 14.9. The van der Waals surface area contributed by atoms with E-state index in [2.05, 4.69) is 91.3 Å². The fourth-order valence-electron chi connectivity index (χ4n) is 3.84. The third-order valence-corrected chi connectivity index (χ3v) is 5.57. The van der Waals surface area contributed by atoms with Gasteiger partial charge in [0.1, 0.15) is 0 Å². The van der Waals surface area contributed by atoms with Crippen LogP contribution in [0.2, 0.25) is 0 Å². The fourth-order valence-corrected chi connectivity index (χ4v) is 3.84. The van der Waals surface area contributed by atoms with Gasteiger partial charge in [-0.2, -0.15) is 0 Å². The summed E-state index contributed by atoms with van der Waals surface area (Å²) >= 11 is 0. The summed E-state index contributed by atoms with van der Waals surface area (Å²) in [5, 5.41) is 1.32. The highest BCUT2D eigenvalue weighted by Gasteiger charge is 2.15. The molecule has 26 heavy (non-hydrogen) atoms. The first kappa shape index (κ1) is 17.1. The maximum absolute atomic E-state index is 4.37. The molecule has 0 spiro atoms. The van der Waals surface area contributed by atoms with E-state index in [0.29, 0.717) is 5.92 Å². The molecular formula is C24H28N2. The molecule has 2 nitrogen and oxygen atoms in total. The van der Waals surface area contributed by atoms with Crippen LogP contribution in [-0.4, -0.2) is 17.3 Å². The summed E-state index contributed by atoms with van der Waals surface area (Å²) in [6.45, 7) is 8.67. The second-order valence-electron chi connectivity index (χ2n) is 8.52. The number of benzene rings is 2. The van der Waals surface area contributed by atoms with Crippen molar-refractivity contribution in [3.63, 3.8) is 0 Å². The molecule has 134 valence electrons. The van der Waals surface area contributed by atoms with Crippen molar-refractivity contribution < 1.29 is 0 Å². The summed E-state index contributed by atoms with van der Waals surface area (Å²) in [5.41, 5.74) is 5.74. The lowest BCUT2D eigenvalue weighted by atomic mass is 9.87. The largest absolute Gasteiger partial charge is 0.343 e. The second-order valence-corrected chi connectivity index (χ2v) is 8.52. The summed E-state index contributed by atoms with van der Waals surface area (Å²) < 4.78 is 2.38. The molecule has 1 unspecified atom stereocenters. The first-order chi connectivity index (χ1) is 12.5. The first-order valence-electron chi connectivity index (χ1n) is 9.67. The molecular weight excluding hydrogens is 316 g/mol. The van der Waals surface area contributed by atoms with Crippen LogP contribution in [0.3, 0.4) is 0 Å². The van der Waals surface area contributed by atoms with Crippen molar-refractivity contribution in [1.29, 1.82) is 0 Å². The van der Waals surface area contributed by atoms with Crippen LogP contribution in [0.1, 0.15) is 56.2 Å². The number of aromatic nitrogens is 1. The fraction of sp³-hybridized carbons (Fsp3) is 0.375. The Labute approximate surface area is 156 Å². The van der Waals surface area contributed by atoms with Gasteiger partial charge in [0.2, 0.25) is 0 Å². The molecule has 4 rings (SSSR count). The molecule has 0 fully saturated rings. The van der Waals surface area contributed by atoms with Crippen LogP contribution in [0.15, 0.2) is 59.7 Å². The molecule has 2 aromatic carbocycles. The van der Waals surface area contributed by atoms with Crippen LogP contribution in [-0.2, 0) is 12.0 Å². The van der Waals surface area contributed by atoms with Crippen LogP contribution < -0.4 is 0 Å². The van der Waals surface area contributed by atoms with Gasteiger partial charge in [-0.05, 0) is 64.6 Å². The Kier molecular flexibility index (Phi) is 4.44. The molecule has 0 saturated heterocycles. The number of nitrogens with zero attached hydrogens (tertiary/aromatic N) is 2. The van der Waals surface area contributed by atoms with Gasteiger partial charge in [0.05, 0.1) is 0 Å². The van der Waals surface area contributed by atoms with Gasteiger partial charge in [0, 0.05) is 24.8 Å². The molecule has 3 aromatic rings. The predicted octanol–water partition coefficient (Wildman–Crippen LogP) is 5.94. The van der Waals surface area contributed by atoms with Gasteiger partial charge in [-0.3, -0.25) is 4.99 Å². The number of aliphatic imine (C=N–C) groups is 1. The summed E-state index contributed by atoms with van der Waals surface area (Å²) in [6, 6.07) is 18.3. The Morgan fingerprint density at radius 3 is 2.54 bits per heavy atom. The van der Waals surface area contributed by atoms with Gasteiger partial charge >= 0.3 is 0 Å². The molecule has 0 saturated carbocycles. The number of rotatable bonds is 3. The topological polar surface area (TPSA) is 17.3 Å². The van der Waals surface area contributed by atoms with Crippen molar-refractivity contribution in [2.45, 2.75) is 51.5 Å². The van der Waals surface area contributed by atoms with Gasteiger partial charge in [0.15, 0.2) is 0 Å². The van der Waals surface area contributed by atoms with E-state index in [0.717, 1.165) is 25.9 Å². The van der Waals surface area contributed by atoms with Gasteiger partial charge in [-0.1, -0.05) is 57.2 Å². The Balaban J connectivity index is 1.61. The maximum atomic E-state index is 4.37. The number of fused-ring (bicyclic) bond motifs is 1. The number of hydrogen-bond donors (Lipinski definition) is 0. The Morgan fingerprint density at radius 1 is 1.04 bits per heavy atom. The minimum Gasteiger partial charge on any atom is -0.343 e. The molecule has 1 aliphatic heterocycles. The van der Waals surface area contributed by atoms with E-state index in [1.165, 1.54) is 27.6 Å². The first-order valence-corrected chi connectivity index (χ1v) is 9.67. The summed E-state index contributed by atoms with van der Waals surface area (Å²) in [5.74, 6) is 0.617. The Bertz CT molecular complexity index is 923. The summed E-state index contributed by atoms with van der Waals surface area (Å²) in [4.78, 5) is 4.37. The second kappa shape index (κ2) is 6.75. The van der Waals surface area contributed by atoms with Crippen LogP contribution in [0.4, 0.5) is 0 Å². The highest BCUT2D eigenvalue weighted by molar-refractivity contribution is 5.81. The average molecular weight is 345 g/mol. The zero-order valence-electron chi connectivity index (χ0n) is 16.1. The number of hydrogen-bond acceptors (Lipinski definition) is 1. The Hall–Kier alpha value is -2.35. The smallest absolute Gasteiger partial charge is 0.0486 e. The zero-order valence-corrected chi connectivity index (χ0v) is 16.1. The maximum Gasteiger partial charge on any atom is 0.0486 e. The molecule has 1 aliphatic rings. The molecule has 0 bridgehead atoms. The zero-order chi connectivity index (χ0) is 18.1. The van der Waals surface area contributed by atoms with E-state index in [9.17, 15) is 0 Å². The lowest BCUT2D eigenvalue weighted by molar-refractivity contribution is 0.590. The van der Waals surface area contributed by atoms with E-state index in [1.54, 1.807) is 0 Å². The van der Waals surface area contributed by atoms with Crippen molar-refractivity contribution in [2.24, 2.45) is 4.99 Å². The molecule has 0 amide bonds. The minimum atomic E-state index is 0.205. The van der Waals surface area contributed by atoms with E-state index in [4.69, 9.17) is 0 Å². The third-order valence-electron chi connectivity index (χ3n) is 5.57. The van der Waals surface area contributed by atoms with Crippen LogP contribution in [0.5, 0.6) is 0 Å². The van der Waals surface area contributed by atoms with E-state index in [-0.39, 0.29) is 5.41 Å². The summed E-state index contributed by atoms with van der Waals surface area (Å²) in [6.07, 6.45) is 6.54. The quantitative estimate of drug-likeness (QED) is 0.560. The average Bonchev–Trinajstić information content (AvgIpc) is 3.04. The predicted molar refractivity (Wildman–Crippen MR) is 112 cm³/mol. The molecule has 2 heterocycles. The van der Waals surface area contributed by atoms with E-state index < -0.39 is 0 Å². The Morgan fingerprint density at radius 2 is 1.85 bits per heavy atom. The molecule has 0 N–H and O–H groups in total. The molecule has 0 radical (unpaired) electrons. The summed E-state index contributed by atoms with van der Waals surface area (Å²) in [7, 11) is 0. The van der Waals surface area contributed by atoms with Crippen molar-refractivity contribution >= 4 is 17.1 Å².